The molecular weight excluding hydrogens is 186 g/mol. The van der Waals surface area contributed by atoms with Crippen LogP contribution in [0.3, 0.4) is 0 Å². The Morgan fingerprint density at radius 3 is 1.92 bits per heavy atom. The first-order valence-corrected chi connectivity index (χ1v) is 4.78. The molecule has 0 saturated carbocycles. The van der Waals surface area contributed by atoms with Crippen LogP contribution < -0.4 is 4.90 Å². The largest absolute Gasteiger partial charge is 0.378 e. The minimum absolute atomic E-state index is 0.0150. The first-order chi connectivity index (χ1) is 5.61. The van der Waals surface area contributed by atoms with Crippen molar-refractivity contribution >= 4 is 30.9 Å². The molecule has 0 aliphatic heterocycles. The zero-order chi connectivity index (χ0) is 9.14. The molecule has 3 heteroatoms. The maximum Gasteiger partial charge on any atom is 0.0692 e. The highest BCUT2D eigenvalue weighted by molar-refractivity contribution is 7.98. The predicted molar refractivity (Wildman–Crippen MR) is 61.5 cm³/mol. The van der Waals surface area contributed by atoms with Gasteiger partial charge in [0.05, 0.1) is 4.58 Å². The Labute approximate surface area is 84.6 Å². The second kappa shape index (κ2) is 4.10. The molecule has 0 saturated heterocycles. The van der Waals surface area contributed by atoms with Gasteiger partial charge in [-0.05, 0) is 17.7 Å². The summed E-state index contributed by atoms with van der Waals surface area (Å²) in [6.45, 7) is 0. The number of anilines is 1. The van der Waals surface area contributed by atoms with E-state index >= 15 is 0 Å². The second-order valence-electron chi connectivity index (χ2n) is 2.86. The molecule has 0 N–H and O–H groups in total. The summed E-state index contributed by atoms with van der Waals surface area (Å²) in [6.07, 6.45) is 0. The van der Waals surface area contributed by atoms with E-state index in [1.54, 1.807) is 0 Å². The Hall–Kier alpha value is -0.280. The molecule has 0 fully saturated rings. The highest BCUT2D eigenvalue weighted by atomic mass is 32.2. The Balaban J connectivity index is 2.86. The fraction of sp³-hybridized carbons (Fsp3) is 0.333. The van der Waals surface area contributed by atoms with E-state index in [0.29, 0.717) is 0 Å². The molecule has 12 heavy (non-hydrogen) atoms. The van der Waals surface area contributed by atoms with Crippen molar-refractivity contribution in [2.75, 3.05) is 19.0 Å². The van der Waals surface area contributed by atoms with Gasteiger partial charge in [0.25, 0.3) is 0 Å². The zero-order valence-electron chi connectivity index (χ0n) is 7.23. The number of benzene rings is 1. The van der Waals surface area contributed by atoms with Crippen LogP contribution in [0.25, 0.3) is 0 Å². The molecule has 0 unspecified atom stereocenters. The Morgan fingerprint density at radius 1 is 1.08 bits per heavy atom. The Kier molecular flexibility index (Phi) is 3.35. The van der Waals surface area contributed by atoms with Gasteiger partial charge in [-0.2, -0.15) is 25.3 Å². The van der Waals surface area contributed by atoms with Crippen molar-refractivity contribution in [1.82, 2.24) is 0 Å². The summed E-state index contributed by atoms with van der Waals surface area (Å²) in [5, 5.41) is 0. The SMILES string of the molecule is CN(C)c1ccc(C(S)S)cc1. The lowest BCUT2D eigenvalue weighted by atomic mass is 10.2. The van der Waals surface area contributed by atoms with E-state index in [4.69, 9.17) is 0 Å². The van der Waals surface area contributed by atoms with Crippen molar-refractivity contribution in [2.24, 2.45) is 0 Å². The minimum atomic E-state index is 0.0150. The molecule has 1 aromatic rings. The molecule has 0 atom stereocenters. The second-order valence-corrected chi connectivity index (χ2v) is 4.30. The van der Waals surface area contributed by atoms with Crippen molar-refractivity contribution in [3.05, 3.63) is 29.8 Å². The van der Waals surface area contributed by atoms with E-state index in [1.807, 2.05) is 26.2 Å². The van der Waals surface area contributed by atoms with Gasteiger partial charge in [-0.3, -0.25) is 0 Å². The van der Waals surface area contributed by atoms with Crippen LogP contribution in [0.2, 0.25) is 0 Å². The molecular formula is C9H13NS2. The van der Waals surface area contributed by atoms with Gasteiger partial charge in [0, 0.05) is 19.8 Å². The summed E-state index contributed by atoms with van der Waals surface area (Å²) in [5.41, 5.74) is 2.33. The molecule has 1 nitrogen and oxygen atoms in total. The lowest BCUT2D eigenvalue weighted by Crippen LogP contribution is -2.08. The average molecular weight is 199 g/mol. The molecule has 1 rings (SSSR count). The van der Waals surface area contributed by atoms with Crippen molar-refractivity contribution in [1.29, 1.82) is 0 Å². The summed E-state index contributed by atoms with van der Waals surface area (Å²) in [6, 6.07) is 8.21. The molecule has 0 aliphatic carbocycles. The topological polar surface area (TPSA) is 3.24 Å². The van der Waals surface area contributed by atoms with Gasteiger partial charge in [0.2, 0.25) is 0 Å². The van der Waals surface area contributed by atoms with E-state index in [0.717, 1.165) is 5.56 Å². The Bertz CT molecular complexity index is 214. The highest BCUT2D eigenvalue weighted by Gasteiger charge is 2.00. The molecule has 0 aliphatic rings. The van der Waals surface area contributed by atoms with E-state index in [9.17, 15) is 0 Å². The normalized spacial score (nSPS) is 10.4. The third kappa shape index (κ3) is 2.35. The van der Waals surface area contributed by atoms with Crippen LogP contribution in [0.15, 0.2) is 24.3 Å². The molecule has 0 radical (unpaired) electrons. The van der Waals surface area contributed by atoms with Gasteiger partial charge in [-0.25, -0.2) is 0 Å². The first-order valence-electron chi connectivity index (χ1n) is 3.74. The fourth-order valence-corrected chi connectivity index (χ4v) is 1.29. The zero-order valence-corrected chi connectivity index (χ0v) is 9.02. The van der Waals surface area contributed by atoms with Crippen molar-refractivity contribution in [3.63, 3.8) is 0 Å². The maximum absolute atomic E-state index is 4.22. The van der Waals surface area contributed by atoms with E-state index < -0.39 is 0 Å². The first kappa shape index (κ1) is 9.81. The fourth-order valence-electron chi connectivity index (χ4n) is 0.945. The monoisotopic (exact) mass is 199 g/mol. The maximum atomic E-state index is 4.22. The number of rotatable bonds is 2. The third-order valence-corrected chi connectivity index (χ3v) is 2.30. The molecule has 0 amide bonds. The van der Waals surface area contributed by atoms with Gasteiger partial charge in [-0.15, -0.1) is 0 Å². The summed E-state index contributed by atoms with van der Waals surface area (Å²) in [7, 11) is 4.04. The van der Waals surface area contributed by atoms with Crippen LogP contribution in [0.4, 0.5) is 5.69 Å². The van der Waals surface area contributed by atoms with Crippen LogP contribution in [0.5, 0.6) is 0 Å². The number of nitrogens with zero attached hydrogens (tertiary/aromatic N) is 1. The molecule has 0 spiro atoms. The summed E-state index contributed by atoms with van der Waals surface area (Å²) in [5.74, 6) is 0. The highest BCUT2D eigenvalue weighted by Crippen LogP contribution is 2.24. The number of thiol groups is 2. The molecule has 0 bridgehead atoms. The van der Waals surface area contributed by atoms with Gasteiger partial charge >= 0.3 is 0 Å². The van der Waals surface area contributed by atoms with Gasteiger partial charge < -0.3 is 4.90 Å². The van der Waals surface area contributed by atoms with Crippen molar-refractivity contribution in [3.8, 4) is 0 Å². The summed E-state index contributed by atoms with van der Waals surface area (Å²) in [4.78, 5) is 2.07. The van der Waals surface area contributed by atoms with Crippen LogP contribution in [0.1, 0.15) is 10.1 Å². The number of hydrogen-bond acceptors (Lipinski definition) is 3. The smallest absolute Gasteiger partial charge is 0.0692 e. The quantitative estimate of drug-likeness (QED) is 0.547. The molecule has 66 valence electrons. The molecule has 1 aromatic carbocycles. The predicted octanol–water partition coefficient (Wildman–Crippen LogP) is 2.61. The van der Waals surface area contributed by atoms with E-state index in [-0.39, 0.29) is 4.58 Å². The average Bonchev–Trinajstić information content (AvgIpc) is 2.04. The van der Waals surface area contributed by atoms with Crippen molar-refractivity contribution in [2.45, 2.75) is 4.58 Å². The lowest BCUT2D eigenvalue weighted by molar-refractivity contribution is 1.13. The minimum Gasteiger partial charge on any atom is -0.378 e. The third-order valence-electron chi connectivity index (χ3n) is 1.71. The van der Waals surface area contributed by atoms with E-state index in [2.05, 4.69) is 42.3 Å². The van der Waals surface area contributed by atoms with E-state index in [1.165, 1.54) is 5.69 Å². The van der Waals surface area contributed by atoms with Gasteiger partial charge in [0.1, 0.15) is 0 Å². The summed E-state index contributed by atoms with van der Waals surface area (Å²) < 4.78 is 0.0150. The van der Waals surface area contributed by atoms with Crippen molar-refractivity contribution < 1.29 is 0 Å². The summed E-state index contributed by atoms with van der Waals surface area (Å²) >= 11 is 8.45. The molecule has 0 aromatic heterocycles. The standard InChI is InChI=1S/C9H13NS2/c1-10(2)8-5-3-7(4-6-8)9(11)12/h3-6,9,11-12H,1-2H3. The van der Waals surface area contributed by atoms with Crippen LogP contribution >= 0.6 is 25.3 Å². The van der Waals surface area contributed by atoms with Gasteiger partial charge in [0.15, 0.2) is 0 Å². The van der Waals surface area contributed by atoms with Crippen LogP contribution in [-0.2, 0) is 0 Å². The van der Waals surface area contributed by atoms with Crippen LogP contribution in [-0.4, -0.2) is 14.1 Å². The van der Waals surface area contributed by atoms with Crippen LogP contribution in [0, 0.1) is 0 Å². The number of hydrogen-bond donors (Lipinski definition) is 2. The molecule has 0 heterocycles. The lowest BCUT2D eigenvalue weighted by Gasteiger charge is -2.13. The van der Waals surface area contributed by atoms with Gasteiger partial charge in [-0.1, -0.05) is 12.1 Å². The Morgan fingerprint density at radius 2 is 1.58 bits per heavy atom.